The Morgan fingerprint density at radius 2 is 2.19 bits per heavy atom. The number of imidazole rings is 1. The molecule has 1 N–H and O–H groups in total. The number of hydrogen-bond donors (Lipinski definition) is 1. The number of aromatic nitrogens is 2. The monoisotopic (exact) mass is 220 g/mol. The number of fused-ring (bicyclic) bond motifs is 1. The largest absolute Gasteiger partial charge is 0.382 e. The molecule has 6 heteroatoms. The summed E-state index contributed by atoms with van der Waals surface area (Å²) in [5, 5.41) is 13.8. The molecule has 0 unspecified atom stereocenters. The Bertz CT molecular complexity index is 574. The van der Waals surface area contributed by atoms with Crippen molar-refractivity contribution in [1.82, 2.24) is 9.55 Å². The van der Waals surface area contributed by atoms with Gasteiger partial charge in [0.25, 0.3) is 0 Å². The van der Waals surface area contributed by atoms with Crippen molar-refractivity contribution in [1.29, 1.82) is 0 Å². The summed E-state index contributed by atoms with van der Waals surface area (Å²) in [6.45, 7) is 1.82. The van der Waals surface area contributed by atoms with Crippen LogP contribution in [0.15, 0.2) is 12.1 Å². The number of benzene rings is 1. The van der Waals surface area contributed by atoms with E-state index in [2.05, 4.69) is 10.3 Å². The van der Waals surface area contributed by atoms with Crippen molar-refractivity contribution in [3.05, 3.63) is 28.1 Å². The lowest BCUT2D eigenvalue weighted by molar-refractivity contribution is -0.382. The molecule has 1 heterocycles. The van der Waals surface area contributed by atoms with Crippen molar-refractivity contribution in [3.8, 4) is 0 Å². The highest BCUT2D eigenvalue weighted by molar-refractivity contribution is 5.92. The lowest BCUT2D eigenvalue weighted by Crippen LogP contribution is -1.97. The van der Waals surface area contributed by atoms with Crippen LogP contribution in [-0.2, 0) is 7.05 Å². The molecule has 0 saturated carbocycles. The first-order valence-electron chi connectivity index (χ1n) is 4.84. The third-order valence-electron chi connectivity index (χ3n) is 2.70. The summed E-state index contributed by atoms with van der Waals surface area (Å²) >= 11 is 0. The summed E-state index contributed by atoms with van der Waals surface area (Å²) in [6, 6.07) is 3.52. The van der Waals surface area contributed by atoms with Gasteiger partial charge >= 0.3 is 5.69 Å². The van der Waals surface area contributed by atoms with Crippen LogP contribution in [0.5, 0.6) is 0 Å². The summed E-state index contributed by atoms with van der Waals surface area (Å²) in [5.74, 6) is 0.756. The number of nitro groups is 1. The molecule has 0 saturated heterocycles. The quantitative estimate of drug-likeness (QED) is 0.619. The van der Waals surface area contributed by atoms with Crippen LogP contribution in [0.4, 0.5) is 11.4 Å². The standard InChI is InChI=1S/C10H12N4O2/c1-6-12-9-8(13(6)3)5-4-7(11-2)10(9)14(15)16/h4-5,11H,1-3H3. The predicted molar refractivity (Wildman–Crippen MR) is 61.7 cm³/mol. The van der Waals surface area contributed by atoms with Gasteiger partial charge in [-0.15, -0.1) is 0 Å². The van der Waals surface area contributed by atoms with Crippen LogP contribution in [-0.4, -0.2) is 21.5 Å². The van der Waals surface area contributed by atoms with E-state index >= 15 is 0 Å². The van der Waals surface area contributed by atoms with Crippen molar-refractivity contribution < 1.29 is 4.92 Å². The Hall–Kier alpha value is -2.11. The minimum Gasteiger partial charge on any atom is -0.382 e. The van der Waals surface area contributed by atoms with Gasteiger partial charge in [0.1, 0.15) is 11.5 Å². The second kappa shape index (κ2) is 3.48. The molecule has 0 spiro atoms. The van der Waals surface area contributed by atoms with Gasteiger partial charge in [-0.3, -0.25) is 10.1 Å². The molecule has 1 aromatic carbocycles. The molecule has 6 nitrogen and oxygen atoms in total. The second-order valence-electron chi connectivity index (χ2n) is 3.55. The minimum atomic E-state index is -0.402. The van der Waals surface area contributed by atoms with Gasteiger partial charge < -0.3 is 9.88 Å². The van der Waals surface area contributed by atoms with Crippen LogP contribution in [0, 0.1) is 17.0 Å². The molecule has 0 radical (unpaired) electrons. The van der Waals surface area contributed by atoms with E-state index < -0.39 is 4.92 Å². The van der Waals surface area contributed by atoms with Crippen LogP contribution in [0.3, 0.4) is 0 Å². The Morgan fingerprint density at radius 3 is 2.75 bits per heavy atom. The Labute approximate surface area is 92.0 Å². The minimum absolute atomic E-state index is 0.0312. The van der Waals surface area contributed by atoms with Crippen molar-refractivity contribution in [2.45, 2.75) is 6.92 Å². The average molecular weight is 220 g/mol. The first kappa shape index (κ1) is 10.4. The summed E-state index contributed by atoms with van der Waals surface area (Å²) in [4.78, 5) is 14.9. The maximum absolute atomic E-state index is 11.0. The van der Waals surface area contributed by atoms with Gasteiger partial charge in [0, 0.05) is 14.1 Å². The van der Waals surface area contributed by atoms with Crippen LogP contribution >= 0.6 is 0 Å². The SMILES string of the molecule is CNc1ccc2c(nc(C)n2C)c1[N+](=O)[O-]. The fourth-order valence-corrected chi connectivity index (χ4v) is 1.75. The van der Waals surface area contributed by atoms with Crippen LogP contribution < -0.4 is 5.32 Å². The van der Waals surface area contributed by atoms with E-state index in [-0.39, 0.29) is 5.69 Å². The molecular weight excluding hydrogens is 208 g/mol. The molecule has 16 heavy (non-hydrogen) atoms. The highest BCUT2D eigenvalue weighted by atomic mass is 16.6. The van der Waals surface area contributed by atoms with Gasteiger partial charge in [-0.1, -0.05) is 0 Å². The first-order valence-corrected chi connectivity index (χ1v) is 4.84. The topological polar surface area (TPSA) is 73.0 Å². The summed E-state index contributed by atoms with van der Waals surface area (Å²) in [7, 11) is 3.50. The Morgan fingerprint density at radius 1 is 1.50 bits per heavy atom. The van der Waals surface area contributed by atoms with Gasteiger partial charge in [-0.2, -0.15) is 0 Å². The molecule has 0 aliphatic heterocycles. The number of anilines is 1. The van der Waals surface area contributed by atoms with Crippen molar-refractivity contribution >= 4 is 22.4 Å². The van der Waals surface area contributed by atoms with Crippen LogP contribution in [0.2, 0.25) is 0 Å². The number of aryl methyl sites for hydroxylation is 2. The molecule has 0 bridgehead atoms. The molecule has 1 aromatic heterocycles. The molecule has 0 amide bonds. The fourth-order valence-electron chi connectivity index (χ4n) is 1.75. The van der Waals surface area contributed by atoms with E-state index in [9.17, 15) is 10.1 Å². The second-order valence-corrected chi connectivity index (χ2v) is 3.55. The van der Waals surface area contributed by atoms with Crippen molar-refractivity contribution in [2.24, 2.45) is 7.05 Å². The summed E-state index contributed by atoms with van der Waals surface area (Å²) in [5.41, 5.74) is 1.71. The van der Waals surface area contributed by atoms with Crippen molar-refractivity contribution in [3.63, 3.8) is 0 Å². The third kappa shape index (κ3) is 1.30. The molecule has 84 valence electrons. The normalized spacial score (nSPS) is 10.7. The van der Waals surface area contributed by atoms with Crippen LogP contribution in [0.25, 0.3) is 11.0 Å². The van der Waals surface area contributed by atoms with Gasteiger partial charge in [-0.05, 0) is 19.1 Å². The highest BCUT2D eigenvalue weighted by Gasteiger charge is 2.21. The molecular formula is C10H12N4O2. The Balaban J connectivity index is 2.89. The van der Waals surface area contributed by atoms with Gasteiger partial charge in [-0.25, -0.2) is 4.98 Å². The average Bonchev–Trinajstić information content (AvgIpc) is 2.53. The maximum atomic E-state index is 11.0. The van der Waals surface area contributed by atoms with E-state index in [1.54, 1.807) is 13.1 Å². The lowest BCUT2D eigenvalue weighted by atomic mass is 10.2. The van der Waals surface area contributed by atoms with E-state index in [1.165, 1.54) is 0 Å². The predicted octanol–water partition coefficient (Wildman–Crippen LogP) is 1.83. The summed E-state index contributed by atoms with van der Waals surface area (Å²) in [6.07, 6.45) is 0. The molecule has 0 aliphatic rings. The van der Waals surface area contributed by atoms with Crippen molar-refractivity contribution in [2.75, 3.05) is 12.4 Å². The number of hydrogen-bond acceptors (Lipinski definition) is 4. The number of nitro benzene ring substituents is 1. The zero-order valence-corrected chi connectivity index (χ0v) is 9.31. The van der Waals surface area contributed by atoms with Gasteiger partial charge in [0.15, 0.2) is 5.52 Å². The molecule has 2 rings (SSSR count). The third-order valence-corrected chi connectivity index (χ3v) is 2.70. The van der Waals surface area contributed by atoms with Gasteiger partial charge in [0.05, 0.1) is 10.4 Å². The first-order chi connectivity index (χ1) is 7.56. The fraction of sp³-hybridized carbons (Fsp3) is 0.300. The zero-order valence-electron chi connectivity index (χ0n) is 9.31. The molecule has 2 aromatic rings. The molecule has 0 fully saturated rings. The smallest absolute Gasteiger partial charge is 0.319 e. The summed E-state index contributed by atoms with van der Waals surface area (Å²) < 4.78 is 1.84. The van der Waals surface area contributed by atoms with E-state index in [0.29, 0.717) is 11.2 Å². The molecule has 0 atom stereocenters. The van der Waals surface area contributed by atoms with E-state index in [4.69, 9.17) is 0 Å². The van der Waals surface area contributed by atoms with Crippen LogP contribution in [0.1, 0.15) is 5.82 Å². The number of rotatable bonds is 2. The number of nitrogens with zero attached hydrogens (tertiary/aromatic N) is 3. The lowest BCUT2D eigenvalue weighted by Gasteiger charge is -2.02. The number of nitrogens with one attached hydrogen (secondary N) is 1. The van der Waals surface area contributed by atoms with E-state index in [0.717, 1.165) is 11.3 Å². The Kier molecular flexibility index (Phi) is 2.26. The maximum Gasteiger partial charge on any atom is 0.319 e. The highest BCUT2D eigenvalue weighted by Crippen LogP contribution is 2.32. The molecule has 0 aliphatic carbocycles. The van der Waals surface area contributed by atoms with Gasteiger partial charge in [0.2, 0.25) is 0 Å². The van der Waals surface area contributed by atoms with E-state index in [1.807, 2.05) is 24.6 Å². The zero-order chi connectivity index (χ0) is 11.9.